The van der Waals surface area contributed by atoms with E-state index in [0.29, 0.717) is 30.8 Å². The van der Waals surface area contributed by atoms with Crippen LogP contribution in [0.5, 0.6) is 0 Å². The fourth-order valence-electron chi connectivity index (χ4n) is 2.68. The molecule has 0 radical (unpaired) electrons. The van der Waals surface area contributed by atoms with E-state index in [9.17, 15) is 18.3 Å². The Bertz CT molecular complexity index is 703. The maximum absolute atomic E-state index is 13.3. The van der Waals surface area contributed by atoms with Crippen molar-refractivity contribution in [3.8, 4) is 0 Å². The van der Waals surface area contributed by atoms with E-state index in [1.165, 1.54) is 0 Å². The van der Waals surface area contributed by atoms with Crippen LogP contribution in [0.3, 0.4) is 0 Å². The molecule has 1 aliphatic rings. The van der Waals surface area contributed by atoms with Crippen LogP contribution in [0.1, 0.15) is 49.6 Å². The first kappa shape index (κ1) is 16.3. The summed E-state index contributed by atoms with van der Waals surface area (Å²) < 4.78 is 45.2. The summed E-state index contributed by atoms with van der Waals surface area (Å²) in [4.78, 5) is 4.19. The van der Waals surface area contributed by atoms with E-state index in [-0.39, 0.29) is 29.2 Å². The van der Waals surface area contributed by atoms with Crippen molar-refractivity contribution in [2.75, 3.05) is 0 Å². The Hall–Kier alpha value is -1.60. The first-order chi connectivity index (χ1) is 10.7. The minimum absolute atomic E-state index is 0.0819. The standard InChI is InChI=1S/C16H19F3N2O2/c1-8(2)15-21-13-4-9(7-20-10-5-11(22)6-10)3-12(14(13)23-15)16(17,18)19/h3-4,8,10-11,20,22H,5-7H2,1-2H3/t10-,11+. The molecular formula is C16H19F3N2O2. The molecule has 4 nitrogen and oxygen atoms in total. The summed E-state index contributed by atoms with van der Waals surface area (Å²) in [7, 11) is 0. The average molecular weight is 328 g/mol. The second-order valence-electron chi connectivity index (χ2n) is 6.40. The molecule has 0 aliphatic heterocycles. The van der Waals surface area contributed by atoms with Gasteiger partial charge in [0.2, 0.25) is 0 Å². The monoisotopic (exact) mass is 328 g/mol. The minimum Gasteiger partial charge on any atom is -0.440 e. The Morgan fingerprint density at radius 3 is 2.61 bits per heavy atom. The average Bonchev–Trinajstić information content (AvgIpc) is 2.84. The van der Waals surface area contributed by atoms with Crippen LogP contribution in [0, 0.1) is 0 Å². The molecule has 0 bridgehead atoms. The topological polar surface area (TPSA) is 58.3 Å². The van der Waals surface area contributed by atoms with Gasteiger partial charge in [-0.05, 0) is 30.5 Å². The van der Waals surface area contributed by atoms with Crippen molar-refractivity contribution in [1.82, 2.24) is 10.3 Å². The van der Waals surface area contributed by atoms with E-state index in [1.807, 2.05) is 13.8 Å². The van der Waals surface area contributed by atoms with Crippen molar-refractivity contribution >= 4 is 11.1 Å². The Kier molecular flexibility index (Phi) is 4.10. The number of rotatable bonds is 4. The lowest BCUT2D eigenvalue weighted by Gasteiger charge is -2.32. The van der Waals surface area contributed by atoms with Crippen LogP contribution >= 0.6 is 0 Å². The van der Waals surface area contributed by atoms with Crippen LogP contribution in [0.2, 0.25) is 0 Å². The Morgan fingerprint density at radius 1 is 1.35 bits per heavy atom. The van der Waals surface area contributed by atoms with E-state index < -0.39 is 11.7 Å². The molecule has 1 heterocycles. The van der Waals surface area contributed by atoms with Gasteiger partial charge in [-0.25, -0.2) is 4.98 Å². The number of aliphatic hydroxyl groups is 1. The maximum atomic E-state index is 13.3. The number of hydrogen-bond acceptors (Lipinski definition) is 4. The molecule has 2 N–H and O–H groups in total. The maximum Gasteiger partial charge on any atom is 0.420 e. The van der Waals surface area contributed by atoms with Crippen LogP contribution in [0.4, 0.5) is 13.2 Å². The van der Waals surface area contributed by atoms with Gasteiger partial charge in [0.1, 0.15) is 11.1 Å². The third-order valence-corrected chi connectivity index (χ3v) is 4.07. The number of nitrogens with zero attached hydrogens (tertiary/aromatic N) is 1. The summed E-state index contributed by atoms with van der Waals surface area (Å²) in [6.07, 6.45) is -3.52. The molecule has 126 valence electrons. The summed E-state index contributed by atoms with van der Waals surface area (Å²) in [5.74, 6) is 0.222. The number of aromatic nitrogens is 1. The molecule has 0 saturated heterocycles. The van der Waals surface area contributed by atoms with E-state index in [2.05, 4.69) is 10.3 Å². The van der Waals surface area contributed by atoms with Gasteiger partial charge < -0.3 is 14.8 Å². The van der Waals surface area contributed by atoms with E-state index in [0.717, 1.165) is 6.07 Å². The lowest BCUT2D eigenvalue weighted by molar-refractivity contribution is -0.136. The number of halogens is 3. The molecule has 1 aromatic carbocycles. The zero-order valence-electron chi connectivity index (χ0n) is 12.9. The molecule has 0 spiro atoms. The van der Waals surface area contributed by atoms with Crippen LogP contribution in [-0.2, 0) is 12.7 Å². The van der Waals surface area contributed by atoms with Crippen molar-refractivity contribution in [1.29, 1.82) is 0 Å². The molecule has 0 unspecified atom stereocenters. The Labute approximate surface area is 131 Å². The first-order valence-electron chi connectivity index (χ1n) is 7.66. The van der Waals surface area contributed by atoms with Gasteiger partial charge >= 0.3 is 6.18 Å². The molecule has 1 aromatic heterocycles. The highest BCUT2D eigenvalue weighted by Gasteiger charge is 2.35. The third-order valence-electron chi connectivity index (χ3n) is 4.07. The van der Waals surface area contributed by atoms with Crippen LogP contribution in [0.15, 0.2) is 16.5 Å². The summed E-state index contributed by atoms with van der Waals surface area (Å²) in [5.41, 5.74) is -0.257. The fourth-order valence-corrected chi connectivity index (χ4v) is 2.68. The van der Waals surface area contributed by atoms with Gasteiger partial charge in [-0.2, -0.15) is 13.2 Å². The van der Waals surface area contributed by atoms with E-state index in [1.54, 1.807) is 6.07 Å². The van der Waals surface area contributed by atoms with Gasteiger partial charge in [0.15, 0.2) is 11.5 Å². The number of aliphatic hydroxyl groups excluding tert-OH is 1. The first-order valence-corrected chi connectivity index (χ1v) is 7.66. The van der Waals surface area contributed by atoms with Crippen LogP contribution in [0.25, 0.3) is 11.1 Å². The quantitative estimate of drug-likeness (QED) is 0.901. The van der Waals surface area contributed by atoms with Gasteiger partial charge in [-0.15, -0.1) is 0 Å². The molecule has 1 aliphatic carbocycles. The molecular weight excluding hydrogens is 309 g/mol. The molecule has 1 fully saturated rings. The number of nitrogens with one attached hydrogen (secondary N) is 1. The summed E-state index contributed by atoms with van der Waals surface area (Å²) in [6.45, 7) is 3.95. The molecule has 0 amide bonds. The van der Waals surface area contributed by atoms with Crippen molar-refractivity contribution in [3.05, 3.63) is 29.2 Å². The largest absolute Gasteiger partial charge is 0.440 e. The minimum atomic E-state index is -4.49. The smallest absolute Gasteiger partial charge is 0.420 e. The second kappa shape index (κ2) is 5.79. The van der Waals surface area contributed by atoms with Crippen LogP contribution < -0.4 is 5.32 Å². The van der Waals surface area contributed by atoms with Crippen LogP contribution in [-0.4, -0.2) is 22.2 Å². The second-order valence-corrected chi connectivity index (χ2v) is 6.40. The summed E-state index contributed by atoms with van der Waals surface area (Å²) in [5, 5.41) is 12.4. The summed E-state index contributed by atoms with van der Waals surface area (Å²) >= 11 is 0. The fraction of sp³-hybridized carbons (Fsp3) is 0.562. The lowest BCUT2D eigenvalue weighted by atomic mass is 9.89. The van der Waals surface area contributed by atoms with Gasteiger partial charge in [-0.3, -0.25) is 0 Å². The van der Waals surface area contributed by atoms with Crippen molar-refractivity contribution < 1.29 is 22.7 Å². The molecule has 2 aromatic rings. The number of fused-ring (bicyclic) bond motifs is 1. The molecule has 3 rings (SSSR count). The SMILES string of the molecule is CC(C)c1nc2cc(CN[C@H]3C[C@@H](O)C3)cc(C(F)(F)F)c2o1. The normalized spacial score (nSPS) is 21.9. The van der Waals surface area contributed by atoms with E-state index >= 15 is 0 Å². The highest BCUT2D eigenvalue weighted by Crippen LogP contribution is 2.37. The van der Waals surface area contributed by atoms with Gasteiger partial charge in [0.05, 0.1) is 6.10 Å². The number of benzene rings is 1. The third kappa shape index (κ3) is 3.35. The number of hydrogen-bond donors (Lipinski definition) is 2. The van der Waals surface area contributed by atoms with E-state index in [4.69, 9.17) is 4.42 Å². The van der Waals surface area contributed by atoms with Gasteiger partial charge in [-0.1, -0.05) is 13.8 Å². The van der Waals surface area contributed by atoms with Crippen molar-refractivity contribution in [3.63, 3.8) is 0 Å². The van der Waals surface area contributed by atoms with Gasteiger partial charge in [0.25, 0.3) is 0 Å². The Morgan fingerprint density at radius 2 is 2.04 bits per heavy atom. The van der Waals surface area contributed by atoms with Crippen molar-refractivity contribution in [2.45, 2.75) is 57.5 Å². The zero-order valence-corrected chi connectivity index (χ0v) is 12.9. The predicted octanol–water partition coefficient (Wildman–Crippen LogP) is 3.58. The summed E-state index contributed by atoms with van der Waals surface area (Å²) in [6, 6.07) is 2.89. The Balaban J connectivity index is 1.92. The highest BCUT2D eigenvalue weighted by atomic mass is 19.4. The molecule has 7 heteroatoms. The van der Waals surface area contributed by atoms with Gasteiger partial charge in [0, 0.05) is 18.5 Å². The molecule has 23 heavy (non-hydrogen) atoms. The predicted molar refractivity (Wildman–Crippen MR) is 79.0 cm³/mol. The molecule has 1 saturated carbocycles. The number of alkyl halides is 3. The van der Waals surface area contributed by atoms with Crippen molar-refractivity contribution in [2.24, 2.45) is 0 Å². The highest BCUT2D eigenvalue weighted by molar-refractivity contribution is 5.78. The number of oxazole rings is 1. The molecule has 0 atom stereocenters. The lowest BCUT2D eigenvalue weighted by Crippen LogP contribution is -2.43. The zero-order chi connectivity index (χ0) is 16.8.